The highest BCUT2D eigenvalue weighted by Gasteiger charge is 2.23. The number of amides is 1. The smallest absolute Gasteiger partial charge is 0.282 e. The highest BCUT2D eigenvalue weighted by molar-refractivity contribution is 8.13. The molecule has 2 rings (SSSR count). The van der Waals surface area contributed by atoms with Crippen LogP contribution in [0.1, 0.15) is 16.6 Å². The minimum atomic E-state index is -0.177. The Kier molecular flexibility index (Phi) is 4.73. The van der Waals surface area contributed by atoms with Gasteiger partial charge < -0.3 is 9.47 Å². The molecule has 1 unspecified atom stereocenters. The fourth-order valence-electron chi connectivity index (χ4n) is 1.78. The first-order valence-electron chi connectivity index (χ1n) is 6.09. The number of hydrogen-bond donors (Lipinski definition) is 0. The Labute approximate surface area is 127 Å². The summed E-state index contributed by atoms with van der Waals surface area (Å²) >= 11 is 7.29. The van der Waals surface area contributed by atoms with Gasteiger partial charge in [-0.15, -0.1) is 0 Å². The third-order valence-corrected chi connectivity index (χ3v) is 4.35. The molecule has 6 heteroatoms. The van der Waals surface area contributed by atoms with Crippen LogP contribution in [0.15, 0.2) is 36.7 Å². The lowest BCUT2D eigenvalue weighted by Crippen LogP contribution is -2.19. The zero-order valence-electron chi connectivity index (χ0n) is 11.6. The minimum Gasteiger partial charge on any atom is -0.340 e. The number of carbonyl (C=O) groups is 1. The quantitative estimate of drug-likeness (QED) is 0.870. The Morgan fingerprint density at radius 3 is 2.75 bits per heavy atom. The SMILES string of the molecule is CN(C)C(=O)SC(c1cccc(Cl)c1)c1nccn1C. The van der Waals surface area contributed by atoms with E-state index in [1.165, 1.54) is 11.8 Å². The molecule has 1 aromatic heterocycles. The molecule has 0 bridgehead atoms. The average Bonchev–Trinajstić information content (AvgIpc) is 2.81. The Bertz CT molecular complexity index is 612. The van der Waals surface area contributed by atoms with E-state index >= 15 is 0 Å². The summed E-state index contributed by atoms with van der Waals surface area (Å²) in [7, 11) is 5.39. The normalized spacial score (nSPS) is 12.2. The maximum Gasteiger partial charge on any atom is 0.282 e. The van der Waals surface area contributed by atoms with E-state index in [1.807, 2.05) is 42.1 Å². The number of aromatic nitrogens is 2. The highest BCUT2D eigenvalue weighted by atomic mass is 35.5. The number of thioether (sulfide) groups is 1. The largest absolute Gasteiger partial charge is 0.340 e. The van der Waals surface area contributed by atoms with E-state index in [9.17, 15) is 4.79 Å². The van der Waals surface area contributed by atoms with Crippen molar-refractivity contribution in [1.82, 2.24) is 14.5 Å². The summed E-state index contributed by atoms with van der Waals surface area (Å²) in [5.41, 5.74) is 0.965. The molecule has 0 fully saturated rings. The minimum absolute atomic E-state index is 0.0158. The van der Waals surface area contributed by atoms with E-state index < -0.39 is 0 Å². The summed E-state index contributed by atoms with van der Waals surface area (Å²) in [6.07, 6.45) is 3.60. The summed E-state index contributed by atoms with van der Waals surface area (Å²) in [6.45, 7) is 0. The summed E-state index contributed by atoms with van der Waals surface area (Å²) in [5, 5.41) is 0.459. The van der Waals surface area contributed by atoms with Crippen molar-refractivity contribution in [1.29, 1.82) is 0 Å². The number of hydrogen-bond acceptors (Lipinski definition) is 3. The van der Waals surface area contributed by atoms with Crippen molar-refractivity contribution in [2.75, 3.05) is 14.1 Å². The van der Waals surface area contributed by atoms with Crippen molar-refractivity contribution in [3.05, 3.63) is 53.1 Å². The third kappa shape index (κ3) is 3.35. The van der Waals surface area contributed by atoms with Crippen molar-refractivity contribution in [2.24, 2.45) is 7.05 Å². The molecule has 0 saturated carbocycles. The molecule has 0 radical (unpaired) electrons. The van der Waals surface area contributed by atoms with Crippen LogP contribution in [-0.4, -0.2) is 33.8 Å². The van der Waals surface area contributed by atoms with Gasteiger partial charge in [-0.3, -0.25) is 4.79 Å². The van der Waals surface area contributed by atoms with E-state index in [2.05, 4.69) is 4.98 Å². The van der Waals surface area contributed by atoms with E-state index in [0.717, 1.165) is 11.4 Å². The summed E-state index contributed by atoms with van der Waals surface area (Å²) in [6, 6.07) is 7.53. The number of nitrogens with zero attached hydrogens (tertiary/aromatic N) is 3. The van der Waals surface area contributed by atoms with Gasteiger partial charge in [0, 0.05) is 38.6 Å². The second kappa shape index (κ2) is 6.33. The molecule has 0 spiro atoms. The van der Waals surface area contributed by atoms with Crippen LogP contribution in [-0.2, 0) is 7.05 Å². The summed E-state index contributed by atoms with van der Waals surface area (Å²) in [4.78, 5) is 18.0. The second-order valence-corrected chi connectivity index (χ2v) is 6.10. The van der Waals surface area contributed by atoms with Crippen LogP contribution in [0.3, 0.4) is 0 Å². The van der Waals surface area contributed by atoms with Crippen LogP contribution in [0.4, 0.5) is 4.79 Å². The molecule has 2 aromatic rings. The Morgan fingerprint density at radius 2 is 2.20 bits per heavy atom. The molecule has 1 amide bonds. The van der Waals surface area contributed by atoms with Crippen molar-refractivity contribution < 1.29 is 4.79 Å². The van der Waals surface area contributed by atoms with E-state index in [4.69, 9.17) is 11.6 Å². The first-order chi connectivity index (χ1) is 9.49. The van der Waals surface area contributed by atoms with Gasteiger partial charge in [0.2, 0.25) is 0 Å². The van der Waals surface area contributed by atoms with Crippen LogP contribution in [0.25, 0.3) is 0 Å². The summed E-state index contributed by atoms with van der Waals surface area (Å²) < 4.78 is 1.92. The summed E-state index contributed by atoms with van der Waals surface area (Å²) in [5.74, 6) is 0.826. The van der Waals surface area contributed by atoms with Gasteiger partial charge in [-0.25, -0.2) is 4.98 Å². The lowest BCUT2D eigenvalue weighted by molar-refractivity contribution is 0.241. The number of rotatable bonds is 3. The molecule has 1 aromatic carbocycles. The lowest BCUT2D eigenvalue weighted by Gasteiger charge is -2.18. The van der Waals surface area contributed by atoms with Crippen LogP contribution >= 0.6 is 23.4 Å². The molecular formula is C14H16ClN3OS. The molecular weight excluding hydrogens is 294 g/mol. The molecule has 1 atom stereocenters. The van der Waals surface area contributed by atoms with Crippen LogP contribution in [0.5, 0.6) is 0 Å². The Balaban J connectivity index is 2.39. The van der Waals surface area contributed by atoms with Gasteiger partial charge in [0.15, 0.2) is 0 Å². The van der Waals surface area contributed by atoms with Gasteiger partial charge in [-0.1, -0.05) is 23.7 Å². The fourth-order valence-corrected chi connectivity index (χ4v) is 3.00. The van der Waals surface area contributed by atoms with Gasteiger partial charge in [0.25, 0.3) is 5.24 Å². The first-order valence-corrected chi connectivity index (χ1v) is 7.35. The molecule has 4 nitrogen and oxygen atoms in total. The van der Waals surface area contributed by atoms with Crippen molar-refractivity contribution in [3.8, 4) is 0 Å². The topological polar surface area (TPSA) is 38.1 Å². The number of halogens is 1. The maximum absolute atomic E-state index is 12.0. The zero-order valence-corrected chi connectivity index (χ0v) is 13.1. The monoisotopic (exact) mass is 309 g/mol. The predicted octanol–water partition coefficient (Wildman–Crippen LogP) is 3.58. The molecule has 0 N–H and O–H groups in total. The van der Waals surface area contributed by atoms with Crippen molar-refractivity contribution in [2.45, 2.75) is 5.25 Å². The van der Waals surface area contributed by atoms with Gasteiger partial charge in [-0.2, -0.15) is 0 Å². The van der Waals surface area contributed by atoms with Gasteiger partial charge in [-0.05, 0) is 29.5 Å². The fraction of sp³-hybridized carbons (Fsp3) is 0.286. The molecule has 0 saturated heterocycles. The van der Waals surface area contributed by atoms with Crippen molar-refractivity contribution >= 4 is 28.6 Å². The second-order valence-electron chi connectivity index (χ2n) is 4.61. The van der Waals surface area contributed by atoms with E-state index in [1.54, 1.807) is 25.2 Å². The maximum atomic E-state index is 12.0. The predicted molar refractivity (Wildman–Crippen MR) is 83.2 cm³/mol. The van der Waals surface area contributed by atoms with Crippen molar-refractivity contribution in [3.63, 3.8) is 0 Å². The number of imidazole rings is 1. The number of benzene rings is 1. The molecule has 0 aliphatic heterocycles. The van der Waals surface area contributed by atoms with Crippen LogP contribution in [0, 0.1) is 0 Å². The Hall–Kier alpha value is -1.46. The molecule has 20 heavy (non-hydrogen) atoms. The molecule has 0 aliphatic rings. The lowest BCUT2D eigenvalue weighted by atomic mass is 10.1. The molecule has 106 valence electrons. The molecule has 0 aliphatic carbocycles. The van der Waals surface area contributed by atoms with E-state index in [0.29, 0.717) is 5.02 Å². The van der Waals surface area contributed by atoms with Gasteiger partial charge in [0.1, 0.15) is 5.82 Å². The third-order valence-electron chi connectivity index (χ3n) is 2.83. The first kappa shape index (κ1) is 14.9. The highest BCUT2D eigenvalue weighted by Crippen LogP contribution is 2.36. The van der Waals surface area contributed by atoms with Crippen LogP contribution < -0.4 is 0 Å². The van der Waals surface area contributed by atoms with Gasteiger partial charge in [0.05, 0.1) is 5.25 Å². The number of carbonyl (C=O) groups excluding carboxylic acids is 1. The van der Waals surface area contributed by atoms with E-state index in [-0.39, 0.29) is 10.5 Å². The average molecular weight is 310 g/mol. The van der Waals surface area contributed by atoms with Crippen LogP contribution in [0.2, 0.25) is 5.02 Å². The Morgan fingerprint density at radius 1 is 1.45 bits per heavy atom. The standard InChI is InChI=1S/C14H16ClN3OS/c1-17(2)14(19)20-12(13-16-7-8-18(13)3)10-5-4-6-11(15)9-10/h4-9,12H,1-3H3. The molecule has 1 heterocycles. The zero-order chi connectivity index (χ0) is 14.7. The number of aryl methyl sites for hydroxylation is 1. The van der Waals surface area contributed by atoms with Gasteiger partial charge >= 0.3 is 0 Å².